The summed E-state index contributed by atoms with van der Waals surface area (Å²) in [6.45, 7) is 10.8. The first-order valence-corrected chi connectivity index (χ1v) is 7.55. The van der Waals surface area contributed by atoms with E-state index in [9.17, 15) is 9.59 Å². The van der Waals surface area contributed by atoms with Crippen LogP contribution in [0.1, 0.15) is 55.4 Å². The molecule has 0 saturated carbocycles. The van der Waals surface area contributed by atoms with Gasteiger partial charge in [-0.3, -0.25) is 0 Å². The van der Waals surface area contributed by atoms with Crippen LogP contribution in [0.2, 0.25) is 0 Å². The van der Waals surface area contributed by atoms with Crippen LogP contribution in [0.5, 0.6) is 0 Å². The minimum atomic E-state index is -0.500. The number of urea groups is 1. The van der Waals surface area contributed by atoms with Crippen LogP contribution in [-0.4, -0.2) is 28.7 Å². The molecule has 0 radical (unpaired) electrons. The molecule has 0 fully saturated rings. The molecule has 1 aromatic heterocycles. The van der Waals surface area contributed by atoms with Crippen molar-refractivity contribution in [2.75, 3.05) is 6.54 Å². The van der Waals surface area contributed by atoms with Crippen molar-refractivity contribution in [1.82, 2.24) is 9.88 Å². The van der Waals surface area contributed by atoms with E-state index in [0.29, 0.717) is 12.1 Å². The molecule has 0 aliphatic rings. The molecule has 0 unspecified atom stereocenters. The van der Waals surface area contributed by atoms with E-state index >= 15 is 0 Å². The van der Waals surface area contributed by atoms with Gasteiger partial charge in [0.15, 0.2) is 0 Å². The van der Waals surface area contributed by atoms with Gasteiger partial charge in [-0.05, 0) is 53.5 Å². The summed E-state index contributed by atoms with van der Waals surface area (Å²) < 4.78 is 7.53. The van der Waals surface area contributed by atoms with Crippen molar-refractivity contribution in [2.24, 2.45) is 5.73 Å². The van der Waals surface area contributed by atoms with E-state index in [1.807, 2.05) is 40.7 Å². The van der Waals surface area contributed by atoms with Gasteiger partial charge in [0.05, 0.1) is 5.56 Å². The van der Waals surface area contributed by atoms with Crippen LogP contribution in [0.15, 0.2) is 6.07 Å². The number of nitrogens with zero attached hydrogens (tertiary/aromatic N) is 1. The molecular formula is C16H27N3O3. The highest BCUT2D eigenvalue weighted by atomic mass is 16.6. The van der Waals surface area contributed by atoms with Crippen LogP contribution < -0.4 is 11.1 Å². The normalized spacial score (nSPS) is 11.3. The van der Waals surface area contributed by atoms with E-state index in [0.717, 1.165) is 30.8 Å². The molecule has 0 aliphatic carbocycles. The van der Waals surface area contributed by atoms with E-state index in [1.54, 1.807) is 0 Å². The third-order valence-electron chi connectivity index (χ3n) is 3.30. The van der Waals surface area contributed by atoms with E-state index in [2.05, 4.69) is 9.88 Å². The fourth-order valence-corrected chi connectivity index (χ4v) is 2.29. The Balaban J connectivity index is 2.66. The summed E-state index contributed by atoms with van der Waals surface area (Å²) in [4.78, 5) is 22.8. The number of ether oxygens (including phenoxy) is 1. The van der Waals surface area contributed by atoms with E-state index in [1.165, 1.54) is 0 Å². The van der Waals surface area contributed by atoms with Crippen LogP contribution >= 0.6 is 0 Å². The lowest BCUT2D eigenvalue weighted by Gasteiger charge is -2.19. The first-order chi connectivity index (χ1) is 10.1. The Morgan fingerprint density at radius 3 is 2.45 bits per heavy atom. The lowest BCUT2D eigenvalue weighted by Crippen LogP contribution is -2.30. The number of hydrogen-bond donors (Lipinski definition) is 2. The second-order valence-electron chi connectivity index (χ2n) is 6.44. The molecule has 0 aliphatic heterocycles. The van der Waals surface area contributed by atoms with Crippen molar-refractivity contribution < 1.29 is 14.3 Å². The van der Waals surface area contributed by atoms with Crippen LogP contribution in [-0.2, 0) is 11.3 Å². The first-order valence-electron chi connectivity index (χ1n) is 7.55. The predicted octanol–water partition coefficient (Wildman–Crippen LogP) is 2.51. The topological polar surface area (TPSA) is 86.3 Å². The van der Waals surface area contributed by atoms with Gasteiger partial charge in [0.2, 0.25) is 0 Å². The highest BCUT2D eigenvalue weighted by Crippen LogP contribution is 2.19. The maximum Gasteiger partial charge on any atom is 0.340 e. The number of unbranched alkanes of at least 4 members (excludes halogenated alkanes) is 1. The number of primary amides is 1. The van der Waals surface area contributed by atoms with Gasteiger partial charge in [-0.25, -0.2) is 9.59 Å². The Hall–Kier alpha value is -1.98. The molecule has 124 valence electrons. The number of hydrogen-bond acceptors (Lipinski definition) is 3. The molecule has 6 nitrogen and oxygen atoms in total. The number of carbonyl (C=O) groups excluding carboxylic acids is 2. The molecule has 3 N–H and O–H groups in total. The number of rotatable bonds is 6. The Bertz CT molecular complexity index is 542. The Kier molecular flexibility index (Phi) is 6.02. The summed E-state index contributed by atoms with van der Waals surface area (Å²) >= 11 is 0. The fourth-order valence-electron chi connectivity index (χ4n) is 2.29. The number of nitrogens with one attached hydrogen (secondary N) is 1. The smallest absolute Gasteiger partial charge is 0.340 e. The van der Waals surface area contributed by atoms with Crippen LogP contribution in [0.3, 0.4) is 0 Å². The zero-order valence-electron chi connectivity index (χ0n) is 14.2. The van der Waals surface area contributed by atoms with Crippen molar-refractivity contribution in [3.63, 3.8) is 0 Å². The number of aromatic nitrogens is 1. The fraction of sp³-hybridized carbons (Fsp3) is 0.625. The molecule has 0 spiro atoms. The van der Waals surface area contributed by atoms with Crippen LogP contribution in [0, 0.1) is 13.8 Å². The van der Waals surface area contributed by atoms with Crippen molar-refractivity contribution in [3.05, 3.63) is 23.0 Å². The lowest BCUT2D eigenvalue weighted by atomic mass is 10.2. The van der Waals surface area contributed by atoms with Crippen LogP contribution in [0.4, 0.5) is 4.79 Å². The molecule has 22 heavy (non-hydrogen) atoms. The average molecular weight is 309 g/mol. The molecule has 1 aromatic rings. The maximum absolute atomic E-state index is 12.2. The zero-order chi connectivity index (χ0) is 16.9. The first kappa shape index (κ1) is 18.1. The molecule has 2 amide bonds. The quantitative estimate of drug-likeness (QED) is 0.625. The average Bonchev–Trinajstić information content (AvgIpc) is 2.63. The van der Waals surface area contributed by atoms with Gasteiger partial charge < -0.3 is 20.4 Å². The molecule has 0 bridgehead atoms. The van der Waals surface area contributed by atoms with Crippen molar-refractivity contribution in [1.29, 1.82) is 0 Å². The Morgan fingerprint density at radius 2 is 1.91 bits per heavy atom. The minimum absolute atomic E-state index is 0.290. The molecule has 0 saturated heterocycles. The highest BCUT2D eigenvalue weighted by molar-refractivity contribution is 5.91. The Labute approximate surface area is 132 Å². The van der Waals surface area contributed by atoms with Crippen molar-refractivity contribution in [2.45, 2.75) is 59.6 Å². The van der Waals surface area contributed by atoms with Crippen molar-refractivity contribution >= 4 is 12.0 Å². The molecule has 0 aromatic carbocycles. The maximum atomic E-state index is 12.2. The summed E-state index contributed by atoms with van der Waals surface area (Å²) in [5.74, 6) is -0.290. The third-order valence-corrected chi connectivity index (χ3v) is 3.30. The van der Waals surface area contributed by atoms with Gasteiger partial charge in [0.25, 0.3) is 0 Å². The summed E-state index contributed by atoms with van der Waals surface area (Å²) in [6.07, 6.45) is 1.73. The van der Waals surface area contributed by atoms with Crippen molar-refractivity contribution in [3.8, 4) is 0 Å². The standard InChI is InChI=1S/C16H27N3O3/c1-11-10-13(14(20)22-16(3,4)5)12(2)19(11)9-7-6-8-18-15(17)21/h10H,6-9H2,1-5H3,(H3,17,18,21). The highest BCUT2D eigenvalue weighted by Gasteiger charge is 2.22. The largest absolute Gasteiger partial charge is 0.456 e. The molecule has 1 heterocycles. The van der Waals surface area contributed by atoms with Gasteiger partial charge in [-0.1, -0.05) is 0 Å². The lowest BCUT2D eigenvalue weighted by molar-refractivity contribution is 0.00686. The molecular weight excluding hydrogens is 282 g/mol. The van der Waals surface area contributed by atoms with Gasteiger partial charge in [0.1, 0.15) is 5.60 Å². The third kappa shape index (κ3) is 5.42. The van der Waals surface area contributed by atoms with E-state index < -0.39 is 11.6 Å². The Morgan fingerprint density at radius 1 is 1.27 bits per heavy atom. The van der Waals surface area contributed by atoms with E-state index in [4.69, 9.17) is 10.5 Å². The summed E-state index contributed by atoms with van der Waals surface area (Å²) in [7, 11) is 0. The summed E-state index contributed by atoms with van der Waals surface area (Å²) in [6, 6.07) is 1.37. The molecule has 1 rings (SSSR count). The van der Waals surface area contributed by atoms with Gasteiger partial charge >= 0.3 is 12.0 Å². The predicted molar refractivity (Wildman–Crippen MR) is 85.9 cm³/mol. The number of amides is 2. The van der Waals surface area contributed by atoms with Crippen LogP contribution in [0.25, 0.3) is 0 Å². The number of nitrogens with two attached hydrogens (primary N) is 1. The van der Waals surface area contributed by atoms with Gasteiger partial charge in [-0.2, -0.15) is 0 Å². The zero-order valence-corrected chi connectivity index (χ0v) is 14.2. The summed E-state index contributed by atoms with van der Waals surface area (Å²) in [5.41, 5.74) is 7.07. The summed E-state index contributed by atoms with van der Waals surface area (Å²) in [5, 5.41) is 2.57. The minimum Gasteiger partial charge on any atom is -0.456 e. The SMILES string of the molecule is Cc1cc(C(=O)OC(C)(C)C)c(C)n1CCCCNC(N)=O. The van der Waals surface area contributed by atoms with Gasteiger partial charge in [-0.15, -0.1) is 0 Å². The van der Waals surface area contributed by atoms with E-state index in [-0.39, 0.29) is 5.97 Å². The number of aryl methyl sites for hydroxylation is 1. The molecule has 6 heteroatoms. The van der Waals surface area contributed by atoms with Gasteiger partial charge in [0, 0.05) is 24.5 Å². The monoisotopic (exact) mass is 309 g/mol. The number of esters is 1. The number of carbonyl (C=O) groups is 2. The second kappa shape index (κ2) is 7.33. The second-order valence-corrected chi connectivity index (χ2v) is 6.44. The molecule has 0 atom stereocenters.